The summed E-state index contributed by atoms with van der Waals surface area (Å²) < 4.78 is 0. The molecule has 0 aromatic carbocycles. The topological polar surface area (TPSA) is 40.5 Å². The lowest BCUT2D eigenvalue weighted by Crippen LogP contribution is -2.30. The van der Waals surface area contributed by atoms with Crippen molar-refractivity contribution in [2.75, 3.05) is 6.61 Å². The Morgan fingerprint density at radius 2 is 1.23 bits per heavy atom. The molecule has 120 valence electrons. The minimum absolute atomic E-state index is 0.0455. The maximum atomic E-state index is 11.1. The van der Waals surface area contributed by atoms with E-state index in [9.17, 15) is 10.2 Å². The van der Waals surface area contributed by atoms with Crippen molar-refractivity contribution < 1.29 is 10.2 Å². The molecule has 7 aliphatic rings. The molecule has 0 amide bonds. The summed E-state index contributed by atoms with van der Waals surface area (Å²) in [6.07, 6.45) is 7.00. The first-order valence-electron chi connectivity index (χ1n) is 10.1. The van der Waals surface area contributed by atoms with Crippen LogP contribution in [0.2, 0.25) is 0 Å². The minimum Gasteiger partial charge on any atom is -0.396 e. The van der Waals surface area contributed by atoms with Crippen LogP contribution in [0.5, 0.6) is 0 Å². The largest absolute Gasteiger partial charge is 0.396 e. The zero-order valence-corrected chi connectivity index (χ0v) is 13.2. The summed E-state index contributed by atoms with van der Waals surface area (Å²) in [5.41, 5.74) is 0. The Labute approximate surface area is 132 Å². The van der Waals surface area contributed by atoms with Gasteiger partial charge in [-0.25, -0.2) is 0 Å². The molecule has 2 nitrogen and oxygen atoms in total. The molecule has 0 aliphatic heterocycles. The standard InChI is InChI=1S/C20H28O2/c21-6-11-12-7-2-1-3-8(7)15-16(12)17-14(11)9-4-5-10-13(9)18(17)19(15)20(10)22/h7-22H,1-6H2/t7-,8+,9+,10+,11-,12+,13-,14+,15-,16-,17-,18+,19+,20-/m1/s1. The summed E-state index contributed by atoms with van der Waals surface area (Å²) in [6, 6.07) is 0. The first-order valence-corrected chi connectivity index (χ1v) is 10.1. The van der Waals surface area contributed by atoms with Crippen LogP contribution in [0.4, 0.5) is 0 Å². The van der Waals surface area contributed by atoms with E-state index in [0.29, 0.717) is 24.4 Å². The highest BCUT2D eigenvalue weighted by molar-refractivity contribution is 5.27. The van der Waals surface area contributed by atoms with Crippen molar-refractivity contribution in [3.63, 3.8) is 0 Å². The van der Waals surface area contributed by atoms with Crippen LogP contribution in [0, 0.1) is 76.9 Å². The molecule has 14 atom stereocenters. The molecule has 7 rings (SSSR count). The van der Waals surface area contributed by atoms with Gasteiger partial charge in [-0.1, -0.05) is 6.42 Å². The SMILES string of the molecule is OC[C@H]1[C@@H]2[C@H]3CC[C@@H]4[C@@H](O)[C@H]5[C@@H]6[C@H]7CCC[C@H]7[C@@H]1[C@H]6[C@@H]2[C@@H]5[C@@H]43. The Morgan fingerprint density at radius 1 is 0.591 bits per heavy atom. The number of fused-ring (bicyclic) bond motifs is 5. The fourth-order valence-electron chi connectivity index (χ4n) is 10.9. The molecule has 0 spiro atoms. The Hall–Kier alpha value is -0.0800. The minimum atomic E-state index is 0.0455. The second kappa shape index (κ2) is 3.61. The van der Waals surface area contributed by atoms with E-state index in [2.05, 4.69) is 0 Å². The monoisotopic (exact) mass is 300 g/mol. The van der Waals surface area contributed by atoms with Crippen LogP contribution in [0.15, 0.2) is 0 Å². The van der Waals surface area contributed by atoms with Crippen molar-refractivity contribution in [2.24, 2.45) is 76.9 Å². The lowest BCUT2D eigenvalue weighted by atomic mass is 9.75. The number of aliphatic hydroxyl groups excluding tert-OH is 2. The highest BCUT2D eigenvalue weighted by Gasteiger charge is 2.80. The Balaban J connectivity index is 1.46. The maximum absolute atomic E-state index is 11.1. The Bertz CT molecular complexity index is 537. The van der Waals surface area contributed by atoms with Crippen LogP contribution >= 0.6 is 0 Å². The van der Waals surface area contributed by atoms with Gasteiger partial charge in [0.1, 0.15) is 0 Å². The third kappa shape index (κ3) is 0.989. The van der Waals surface area contributed by atoms with E-state index in [1.54, 1.807) is 0 Å². The molecule has 0 aromatic heterocycles. The summed E-state index contributed by atoms with van der Waals surface area (Å²) in [6.45, 7) is 0.464. The van der Waals surface area contributed by atoms with Crippen LogP contribution in [0.25, 0.3) is 0 Å². The molecule has 0 saturated heterocycles. The Kier molecular flexibility index (Phi) is 2.02. The number of aliphatic hydroxyl groups is 2. The predicted molar refractivity (Wildman–Crippen MR) is 81.5 cm³/mol. The first kappa shape index (κ1) is 12.3. The van der Waals surface area contributed by atoms with Gasteiger partial charge in [-0.15, -0.1) is 0 Å². The van der Waals surface area contributed by atoms with Crippen molar-refractivity contribution in [3.05, 3.63) is 0 Å². The van der Waals surface area contributed by atoms with Crippen molar-refractivity contribution in [2.45, 2.75) is 38.2 Å². The third-order valence-electron chi connectivity index (χ3n) is 10.5. The zero-order valence-electron chi connectivity index (χ0n) is 13.2. The van der Waals surface area contributed by atoms with E-state index >= 15 is 0 Å². The first-order chi connectivity index (χ1) is 10.8. The van der Waals surface area contributed by atoms with E-state index in [4.69, 9.17) is 0 Å². The van der Waals surface area contributed by atoms with Gasteiger partial charge in [0, 0.05) is 6.61 Å². The van der Waals surface area contributed by atoms with Gasteiger partial charge in [0.2, 0.25) is 0 Å². The Morgan fingerprint density at radius 3 is 2.05 bits per heavy atom. The summed E-state index contributed by atoms with van der Waals surface area (Å²) in [7, 11) is 0. The van der Waals surface area contributed by atoms with E-state index in [-0.39, 0.29) is 6.10 Å². The molecule has 0 radical (unpaired) electrons. The second-order valence-electron chi connectivity index (χ2n) is 10.1. The maximum Gasteiger partial charge on any atom is 0.0605 e. The predicted octanol–water partition coefficient (Wildman–Crippen LogP) is 2.40. The quantitative estimate of drug-likeness (QED) is 0.780. The van der Waals surface area contributed by atoms with E-state index in [0.717, 1.165) is 59.2 Å². The van der Waals surface area contributed by atoms with Crippen molar-refractivity contribution in [1.29, 1.82) is 0 Å². The van der Waals surface area contributed by atoms with E-state index < -0.39 is 0 Å². The molecule has 0 unspecified atom stereocenters. The molecule has 0 heterocycles. The van der Waals surface area contributed by atoms with Gasteiger partial charge in [-0.2, -0.15) is 0 Å². The molecule has 0 bridgehead atoms. The molecule has 22 heavy (non-hydrogen) atoms. The van der Waals surface area contributed by atoms with Crippen molar-refractivity contribution in [1.82, 2.24) is 0 Å². The lowest BCUT2D eigenvalue weighted by molar-refractivity contribution is 0.0456. The van der Waals surface area contributed by atoms with Crippen LogP contribution in [0.1, 0.15) is 32.1 Å². The molecule has 7 aliphatic carbocycles. The number of rotatable bonds is 1. The highest BCUT2D eigenvalue weighted by Crippen LogP contribution is 2.82. The van der Waals surface area contributed by atoms with Gasteiger partial charge < -0.3 is 10.2 Å². The average molecular weight is 300 g/mol. The van der Waals surface area contributed by atoms with E-state index in [1.165, 1.54) is 32.1 Å². The van der Waals surface area contributed by atoms with Crippen LogP contribution < -0.4 is 0 Å². The number of hydrogen-bond donors (Lipinski definition) is 2. The van der Waals surface area contributed by atoms with Crippen LogP contribution in [-0.4, -0.2) is 22.9 Å². The summed E-state index contributed by atoms with van der Waals surface area (Å²) in [5, 5.41) is 21.4. The molecule has 2 heteroatoms. The van der Waals surface area contributed by atoms with Gasteiger partial charge >= 0.3 is 0 Å². The molecular weight excluding hydrogens is 272 g/mol. The summed E-state index contributed by atoms with van der Waals surface area (Å²) in [5.74, 6) is 10.8. The van der Waals surface area contributed by atoms with Gasteiger partial charge in [-0.3, -0.25) is 0 Å². The zero-order chi connectivity index (χ0) is 14.3. The number of hydrogen-bond acceptors (Lipinski definition) is 2. The fourth-order valence-corrected chi connectivity index (χ4v) is 10.9. The molecule has 7 saturated carbocycles. The second-order valence-corrected chi connectivity index (χ2v) is 10.1. The average Bonchev–Trinajstić information content (AvgIpc) is 3.26. The van der Waals surface area contributed by atoms with Gasteiger partial charge in [0.25, 0.3) is 0 Å². The highest BCUT2D eigenvalue weighted by atomic mass is 16.3. The summed E-state index contributed by atoms with van der Waals surface area (Å²) >= 11 is 0. The normalized spacial score (nSPS) is 75.0. The van der Waals surface area contributed by atoms with E-state index in [1.807, 2.05) is 0 Å². The molecule has 2 N–H and O–H groups in total. The van der Waals surface area contributed by atoms with Gasteiger partial charge in [-0.05, 0) is 103 Å². The molecule has 0 aromatic rings. The fraction of sp³-hybridized carbons (Fsp3) is 1.00. The van der Waals surface area contributed by atoms with Crippen LogP contribution in [0.3, 0.4) is 0 Å². The van der Waals surface area contributed by atoms with Gasteiger partial charge in [0.05, 0.1) is 6.10 Å². The van der Waals surface area contributed by atoms with Crippen molar-refractivity contribution >= 4 is 0 Å². The van der Waals surface area contributed by atoms with Crippen molar-refractivity contribution in [3.8, 4) is 0 Å². The smallest absolute Gasteiger partial charge is 0.0605 e. The molecule has 7 fully saturated rings. The van der Waals surface area contributed by atoms with Crippen LogP contribution in [-0.2, 0) is 0 Å². The molecular formula is C20H28O2. The summed E-state index contributed by atoms with van der Waals surface area (Å²) in [4.78, 5) is 0. The lowest BCUT2D eigenvalue weighted by Gasteiger charge is -2.31. The third-order valence-corrected chi connectivity index (χ3v) is 10.5. The van der Waals surface area contributed by atoms with Gasteiger partial charge in [0.15, 0.2) is 0 Å².